The third kappa shape index (κ3) is 5.75. The van der Waals surface area contributed by atoms with E-state index in [9.17, 15) is 0 Å². The van der Waals surface area contributed by atoms with Gasteiger partial charge in [0.25, 0.3) is 0 Å². The molecule has 0 saturated heterocycles. The van der Waals surface area contributed by atoms with E-state index in [0.717, 1.165) is 26.0 Å². The van der Waals surface area contributed by atoms with Crippen LogP contribution in [0, 0.1) is 5.92 Å². The van der Waals surface area contributed by atoms with E-state index in [1.165, 1.54) is 17.5 Å². The van der Waals surface area contributed by atoms with Gasteiger partial charge in [0.1, 0.15) is 0 Å². The average Bonchev–Trinajstić information content (AvgIpc) is 2.43. The lowest BCUT2D eigenvalue weighted by atomic mass is 9.94. The van der Waals surface area contributed by atoms with Crippen molar-refractivity contribution in [3.63, 3.8) is 0 Å². The van der Waals surface area contributed by atoms with Crippen molar-refractivity contribution in [1.29, 1.82) is 0 Å². The van der Waals surface area contributed by atoms with Crippen molar-refractivity contribution in [3.05, 3.63) is 35.4 Å². The highest BCUT2D eigenvalue weighted by Crippen LogP contribution is 2.22. The van der Waals surface area contributed by atoms with Gasteiger partial charge in [-0.05, 0) is 42.9 Å². The maximum Gasteiger partial charge on any atom is 0.0488 e. The summed E-state index contributed by atoms with van der Waals surface area (Å²) in [7, 11) is 1.78. The monoisotopic (exact) mass is 263 g/mol. The molecule has 0 aliphatic carbocycles. The van der Waals surface area contributed by atoms with Gasteiger partial charge in [-0.25, -0.2) is 0 Å². The van der Waals surface area contributed by atoms with E-state index in [-0.39, 0.29) is 0 Å². The van der Waals surface area contributed by atoms with Gasteiger partial charge in [-0.1, -0.05) is 45.0 Å². The number of ether oxygens (including phenoxy) is 1. The van der Waals surface area contributed by atoms with Crippen LogP contribution in [0.15, 0.2) is 24.3 Å². The molecule has 1 aromatic carbocycles. The Labute approximate surface area is 118 Å². The first kappa shape index (κ1) is 16.2. The van der Waals surface area contributed by atoms with Crippen LogP contribution in [0.2, 0.25) is 0 Å². The minimum absolute atomic E-state index is 0.441. The molecule has 1 aromatic rings. The van der Waals surface area contributed by atoms with Gasteiger partial charge in [-0.15, -0.1) is 0 Å². The Hall–Kier alpha value is -0.860. The zero-order valence-electron chi connectivity index (χ0n) is 12.9. The van der Waals surface area contributed by atoms with E-state index in [0.29, 0.717) is 12.0 Å². The second-order valence-electron chi connectivity index (χ2n) is 5.40. The summed E-state index contributed by atoms with van der Waals surface area (Å²) in [6, 6.07) is 9.41. The molecule has 19 heavy (non-hydrogen) atoms. The summed E-state index contributed by atoms with van der Waals surface area (Å²) < 4.78 is 5.26. The highest BCUT2D eigenvalue weighted by atomic mass is 16.5. The smallest absolute Gasteiger partial charge is 0.0488 e. The maximum atomic E-state index is 5.26. The first-order valence-electron chi connectivity index (χ1n) is 7.52. The lowest BCUT2D eigenvalue weighted by Crippen LogP contribution is -2.25. The third-order valence-electron chi connectivity index (χ3n) is 3.49. The second-order valence-corrected chi connectivity index (χ2v) is 5.40. The molecule has 1 rings (SSSR count). The molecular weight excluding hydrogens is 234 g/mol. The van der Waals surface area contributed by atoms with Gasteiger partial charge < -0.3 is 10.1 Å². The van der Waals surface area contributed by atoms with Crippen LogP contribution < -0.4 is 5.32 Å². The summed E-state index contributed by atoms with van der Waals surface area (Å²) in [4.78, 5) is 0. The molecule has 1 N–H and O–H groups in total. The molecule has 0 bridgehead atoms. The van der Waals surface area contributed by atoms with E-state index in [2.05, 4.69) is 50.4 Å². The van der Waals surface area contributed by atoms with Crippen molar-refractivity contribution in [2.45, 2.75) is 46.1 Å². The molecule has 2 atom stereocenters. The minimum Gasteiger partial charge on any atom is -0.384 e. The van der Waals surface area contributed by atoms with Crippen molar-refractivity contribution in [3.8, 4) is 0 Å². The molecule has 0 aliphatic rings. The summed E-state index contributed by atoms with van der Waals surface area (Å²) in [6.45, 7) is 8.58. The van der Waals surface area contributed by atoms with Gasteiger partial charge in [0, 0.05) is 19.8 Å². The third-order valence-corrected chi connectivity index (χ3v) is 3.49. The van der Waals surface area contributed by atoms with Crippen molar-refractivity contribution < 1.29 is 4.74 Å². The molecule has 0 radical (unpaired) electrons. The van der Waals surface area contributed by atoms with Crippen LogP contribution in [0.1, 0.15) is 50.8 Å². The quantitative estimate of drug-likeness (QED) is 0.728. The SMILES string of the molecule is CCCNC(CC(C)COC)c1cccc(CC)c1. The van der Waals surface area contributed by atoms with E-state index in [4.69, 9.17) is 4.74 Å². The van der Waals surface area contributed by atoms with Crippen molar-refractivity contribution >= 4 is 0 Å². The largest absolute Gasteiger partial charge is 0.384 e. The van der Waals surface area contributed by atoms with Crippen LogP contribution in [-0.2, 0) is 11.2 Å². The lowest BCUT2D eigenvalue weighted by molar-refractivity contribution is 0.149. The van der Waals surface area contributed by atoms with E-state index in [1.54, 1.807) is 7.11 Å². The van der Waals surface area contributed by atoms with Crippen molar-refractivity contribution in [2.24, 2.45) is 5.92 Å². The zero-order chi connectivity index (χ0) is 14.1. The highest BCUT2D eigenvalue weighted by molar-refractivity contribution is 5.26. The number of nitrogens with one attached hydrogen (secondary N) is 1. The molecule has 2 unspecified atom stereocenters. The summed E-state index contributed by atoms with van der Waals surface area (Å²) in [5, 5.41) is 3.67. The number of aryl methyl sites for hydroxylation is 1. The van der Waals surface area contributed by atoms with Gasteiger partial charge in [-0.3, -0.25) is 0 Å². The topological polar surface area (TPSA) is 21.3 Å². The number of hydrogen-bond donors (Lipinski definition) is 1. The molecule has 0 saturated carbocycles. The van der Waals surface area contributed by atoms with Crippen LogP contribution in [0.4, 0.5) is 0 Å². The van der Waals surface area contributed by atoms with Crippen LogP contribution in [0.3, 0.4) is 0 Å². The molecular formula is C17H29NO. The Bertz CT molecular complexity index is 351. The first-order chi connectivity index (χ1) is 9.21. The molecule has 2 nitrogen and oxygen atoms in total. The molecule has 0 amide bonds. The van der Waals surface area contributed by atoms with E-state index in [1.807, 2.05) is 0 Å². The molecule has 0 spiro atoms. The Morgan fingerprint density at radius 3 is 2.68 bits per heavy atom. The fourth-order valence-corrected chi connectivity index (χ4v) is 2.44. The number of benzene rings is 1. The van der Waals surface area contributed by atoms with Gasteiger partial charge >= 0.3 is 0 Å². The summed E-state index contributed by atoms with van der Waals surface area (Å²) in [5.41, 5.74) is 2.83. The standard InChI is InChI=1S/C17H29NO/c1-5-10-18-17(11-14(3)13-19-4)16-9-7-8-15(6-2)12-16/h7-9,12,14,17-18H,5-6,10-11,13H2,1-4H3. The fourth-order valence-electron chi connectivity index (χ4n) is 2.44. The van der Waals surface area contributed by atoms with Crippen molar-refractivity contribution in [1.82, 2.24) is 5.32 Å². The van der Waals surface area contributed by atoms with Crippen LogP contribution in [0.25, 0.3) is 0 Å². The second kappa shape index (κ2) is 9.11. The molecule has 0 aliphatic heterocycles. The number of hydrogen-bond acceptors (Lipinski definition) is 2. The molecule has 2 heteroatoms. The number of methoxy groups -OCH3 is 1. The Morgan fingerprint density at radius 1 is 1.26 bits per heavy atom. The zero-order valence-corrected chi connectivity index (χ0v) is 12.9. The van der Waals surface area contributed by atoms with Gasteiger partial charge in [0.2, 0.25) is 0 Å². The van der Waals surface area contributed by atoms with Crippen LogP contribution >= 0.6 is 0 Å². The number of rotatable bonds is 9. The average molecular weight is 263 g/mol. The summed E-state index contributed by atoms with van der Waals surface area (Å²) in [5.74, 6) is 0.574. The predicted molar refractivity (Wildman–Crippen MR) is 82.5 cm³/mol. The maximum absolute atomic E-state index is 5.26. The van der Waals surface area contributed by atoms with E-state index >= 15 is 0 Å². The fraction of sp³-hybridized carbons (Fsp3) is 0.647. The lowest BCUT2D eigenvalue weighted by Gasteiger charge is -2.23. The Balaban J connectivity index is 2.76. The summed E-state index contributed by atoms with van der Waals surface area (Å²) in [6.07, 6.45) is 3.39. The van der Waals surface area contributed by atoms with Gasteiger partial charge in [-0.2, -0.15) is 0 Å². The van der Waals surface area contributed by atoms with Crippen LogP contribution in [0.5, 0.6) is 0 Å². The first-order valence-corrected chi connectivity index (χ1v) is 7.52. The molecule has 0 aromatic heterocycles. The Morgan fingerprint density at radius 2 is 2.05 bits per heavy atom. The molecule has 0 fully saturated rings. The predicted octanol–water partition coefficient (Wildman–Crippen LogP) is 3.96. The van der Waals surface area contributed by atoms with E-state index < -0.39 is 0 Å². The highest BCUT2D eigenvalue weighted by Gasteiger charge is 2.14. The minimum atomic E-state index is 0.441. The molecule has 0 heterocycles. The Kier molecular flexibility index (Phi) is 7.76. The molecule has 108 valence electrons. The van der Waals surface area contributed by atoms with Gasteiger partial charge in [0.05, 0.1) is 0 Å². The van der Waals surface area contributed by atoms with Crippen LogP contribution in [-0.4, -0.2) is 20.3 Å². The van der Waals surface area contributed by atoms with Crippen molar-refractivity contribution in [2.75, 3.05) is 20.3 Å². The normalized spacial score (nSPS) is 14.3. The summed E-state index contributed by atoms with van der Waals surface area (Å²) >= 11 is 0. The van der Waals surface area contributed by atoms with Gasteiger partial charge in [0.15, 0.2) is 0 Å².